The van der Waals surface area contributed by atoms with Crippen molar-refractivity contribution in [1.29, 1.82) is 0 Å². The number of anilines is 2. The molecule has 3 aromatic rings. The Morgan fingerprint density at radius 1 is 1.31 bits per heavy atom. The molecule has 0 saturated heterocycles. The van der Waals surface area contributed by atoms with Crippen molar-refractivity contribution in [2.75, 3.05) is 45.8 Å². The topological polar surface area (TPSA) is 76.6 Å². The zero-order valence-corrected chi connectivity index (χ0v) is 22.8. The van der Waals surface area contributed by atoms with Crippen LogP contribution < -0.4 is 14.4 Å². The van der Waals surface area contributed by atoms with Crippen LogP contribution in [0, 0.1) is 11.7 Å². The van der Waals surface area contributed by atoms with E-state index in [1.54, 1.807) is 19.3 Å². The summed E-state index contributed by atoms with van der Waals surface area (Å²) in [7, 11) is 3.65. The van der Waals surface area contributed by atoms with E-state index in [4.69, 9.17) is 21.1 Å². The molecule has 0 aliphatic heterocycles. The molecule has 0 spiro atoms. The number of methoxy groups -OCH3 is 1. The number of carbonyl (C=O) groups is 1. The Labute approximate surface area is 221 Å². The summed E-state index contributed by atoms with van der Waals surface area (Å²) in [5, 5.41) is 3.96. The van der Waals surface area contributed by atoms with Gasteiger partial charge < -0.3 is 0 Å². The molecule has 1 saturated carbocycles. The number of rotatable bonds is 13. The number of nitrogens with zero attached hydrogens (tertiary/aromatic N) is 3. The van der Waals surface area contributed by atoms with Crippen molar-refractivity contribution >= 4 is 58.7 Å². The fraction of sp³-hybridized carbons (Fsp3) is 0.346. The van der Waals surface area contributed by atoms with Gasteiger partial charge in [-0.2, -0.15) is 0 Å². The van der Waals surface area contributed by atoms with Crippen LogP contribution in [-0.4, -0.2) is 75.7 Å². The quantitative estimate of drug-likeness (QED) is 0.245. The Morgan fingerprint density at radius 2 is 2.14 bits per heavy atom. The number of likely N-dealkylation sites (N-methyl/N-ethyl adjacent to an activating group) is 1. The first-order valence-corrected chi connectivity index (χ1v) is 13.9. The molecule has 1 heterocycles. The van der Waals surface area contributed by atoms with Crippen LogP contribution in [0.25, 0.3) is 10.9 Å². The van der Waals surface area contributed by atoms with Crippen LogP contribution in [0.4, 0.5) is 15.9 Å². The zero-order chi connectivity index (χ0) is 25.5. The fourth-order valence-electron chi connectivity index (χ4n) is 3.41. The number of benzene rings is 2. The SMILES string of the molecule is COCCN(C)CC=CC(=O)[As]c1cc2c(Nc3ccc(F)c(Cl)c3)ncnc2cc1OCC1CC1. The van der Waals surface area contributed by atoms with Gasteiger partial charge in [-0.1, -0.05) is 0 Å². The minimum absolute atomic E-state index is 0.0186. The van der Waals surface area contributed by atoms with Crippen LogP contribution in [0.2, 0.25) is 5.02 Å². The van der Waals surface area contributed by atoms with Gasteiger partial charge in [0.2, 0.25) is 0 Å². The van der Waals surface area contributed by atoms with Crippen LogP contribution in [-0.2, 0) is 9.53 Å². The molecule has 36 heavy (non-hydrogen) atoms. The van der Waals surface area contributed by atoms with E-state index in [9.17, 15) is 9.18 Å². The molecule has 7 nitrogen and oxygen atoms in total. The van der Waals surface area contributed by atoms with Gasteiger partial charge in [0.05, 0.1) is 0 Å². The van der Waals surface area contributed by atoms with Gasteiger partial charge in [-0.25, -0.2) is 0 Å². The molecule has 189 valence electrons. The molecule has 1 N–H and O–H groups in total. The fourth-order valence-corrected chi connectivity index (χ4v) is 5.37. The Hall–Kier alpha value is -2.51. The molecule has 2 aromatic carbocycles. The molecular formula is C26H28AsClFN4O3. The average Bonchev–Trinajstić information content (AvgIpc) is 3.69. The first-order valence-electron chi connectivity index (χ1n) is 11.7. The molecule has 10 heteroatoms. The summed E-state index contributed by atoms with van der Waals surface area (Å²) in [6.07, 6.45) is 7.34. The first kappa shape index (κ1) is 26.5. The van der Waals surface area contributed by atoms with Gasteiger partial charge in [0, 0.05) is 0 Å². The van der Waals surface area contributed by atoms with E-state index in [0.29, 0.717) is 48.4 Å². The molecule has 0 unspecified atom stereocenters. The van der Waals surface area contributed by atoms with E-state index in [1.807, 2.05) is 25.3 Å². The van der Waals surface area contributed by atoms with E-state index in [-0.39, 0.29) is 9.59 Å². The van der Waals surface area contributed by atoms with E-state index in [1.165, 1.54) is 31.3 Å². The van der Waals surface area contributed by atoms with E-state index in [0.717, 1.165) is 16.3 Å². The van der Waals surface area contributed by atoms with Crippen LogP contribution in [0.1, 0.15) is 12.8 Å². The second-order valence-electron chi connectivity index (χ2n) is 8.68. The number of halogens is 2. The van der Waals surface area contributed by atoms with E-state index < -0.39 is 21.6 Å². The van der Waals surface area contributed by atoms with Crippen molar-refractivity contribution in [3.05, 3.63) is 59.7 Å². The molecule has 1 aromatic heterocycles. The van der Waals surface area contributed by atoms with Crippen molar-refractivity contribution in [2.24, 2.45) is 5.92 Å². The molecule has 4 rings (SSSR count). The zero-order valence-electron chi connectivity index (χ0n) is 20.2. The van der Waals surface area contributed by atoms with Crippen LogP contribution in [0.15, 0.2) is 48.8 Å². The minimum atomic E-state index is -0.841. The van der Waals surface area contributed by atoms with Crippen molar-refractivity contribution in [1.82, 2.24) is 14.9 Å². The molecule has 1 aliphatic rings. The summed E-state index contributed by atoms with van der Waals surface area (Å²) in [4.78, 5) is 23.7. The molecule has 1 fully saturated rings. The normalized spacial score (nSPS) is 13.9. The van der Waals surface area contributed by atoms with E-state index >= 15 is 0 Å². The van der Waals surface area contributed by atoms with Crippen molar-refractivity contribution in [3.63, 3.8) is 0 Å². The van der Waals surface area contributed by atoms with Crippen molar-refractivity contribution in [2.45, 2.75) is 12.8 Å². The Balaban J connectivity index is 1.57. The number of nitrogens with one attached hydrogen (secondary N) is 1. The summed E-state index contributed by atoms with van der Waals surface area (Å²) in [5.74, 6) is 1.33. The van der Waals surface area contributed by atoms with Gasteiger partial charge in [0.15, 0.2) is 0 Å². The standard InChI is InChI=1S/C26H28AsClFN4O3/c1-33(10-11-35-2)9-3-4-25(34)27-20-13-19-23(14-24(20)36-15-17-5-6-17)30-16-31-26(19)32-18-7-8-22(29)21(28)12-18/h3-4,7-8,12-14,16-17H,5-6,9-11,15H2,1-2H3,(H,30,31,32). The Bertz CT molecular complexity index is 1260. The summed E-state index contributed by atoms with van der Waals surface area (Å²) >= 11 is 5.10. The Morgan fingerprint density at radius 3 is 2.89 bits per heavy atom. The third-order valence-electron chi connectivity index (χ3n) is 5.66. The summed E-state index contributed by atoms with van der Waals surface area (Å²) < 4.78 is 25.7. The first-order chi connectivity index (χ1) is 17.4. The number of carbonyl (C=O) groups excluding carboxylic acids is 1. The molecule has 0 amide bonds. The monoisotopic (exact) mass is 573 g/mol. The van der Waals surface area contributed by atoms with Crippen molar-refractivity contribution < 1.29 is 18.7 Å². The van der Waals surface area contributed by atoms with Gasteiger partial charge >= 0.3 is 222 Å². The molecule has 1 radical (unpaired) electrons. The third-order valence-corrected chi connectivity index (χ3v) is 7.96. The number of hydrogen-bond donors (Lipinski definition) is 1. The number of fused-ring (bicyclic) bond motifs is 1. The van der Waals surface area contributed by atoms with Gasteiger partial charge in [-0.3, -0.25) is 0 Å². The maximum atomic E-state index is 13.6. The predicted octanol–water partition coefficient (Wildman–Crippen LogP) is 3.95. The number of ether oxygens (including phenoxy) is 2. The summed E-state index contributed by atoms with van der Waals surface area (Å²) in [5.41, 5.74) is 1.29. The number of hydrogen-bond acceptors (Lipinski definition) is 7. The van der Waals surface area contributed by atoms with Crippen LogP contribution in [0.3, 0.4) is 0 Å². The van der Waals surface area contributed by atoms with E-state index in [2.05, 4.69) is 20.2 Å². The molecule has 1 aliphatic carbocycles. The van der Waals surface area contributed by atoms with Crippen LogP contribution >= 0.6 is 11.6 Å². The van der Waals surface area contributed by atoms with Gasteiger partial charge in [-0.05, 0) is 0 Å². The number of aromatic nitrogens is 2. The third kappa shape index (κ3) is 7.50. The maximum absolute atomic E-state index is 13.6. The second-order valence-corrected chi connectivity index (χ2v) is 11.5. The summed E-state index contributed by atoms with van der Waals surface area (Å²) in [6, 6.07) is 8.20. The Kier molecular flexibility index (Phi) is 9.32. The van der Waals surface area contributed by atoms with Gasteiger partial charge in [-0.15, -0.1) is 0 Å². The molecular weight excluding hydrogens is 546 g/mol. The molecule has 0 atom stereocenters. The average molecular weight is 574 g/mol. The van der Waals surface area contributed by atoms with Gasteiger partial charge in [0.1, 0.15) is 0 Å². The van der Waals surface area contributed by atoms with Crippen molar-refractivity contribution in [3.8, 4) is 5.75 Å². The van der Waals surface area contributed by atoms with Crippen LogP contribution in [0.5, 0.6) is 5.75 Å². The number of allylic oxidation sites excluding steroid dienone is 1. The predicted molar refractivity (Wildman–Crippen MR) is 141 cm³/mol. The second kappa shape index (κ2) is 12.6. The van der Waals surface area contributed by atoms with Gasteiger partial charge in [0.25, 0.3) is 0 Å². The molecule has 0 bridgehead atoms. The summed E-state index contributed by atoms with van der Waals surface area (Å²) in [6.45, 7) is 2.74.